The molecular weight excluding hydrogens is 310 g/mol. The third kappa shape index (κ3) is 2.92. The Hall–Kier alpha value is -3.33. The van der Waals surface area contributed by atoms with Crippen LogP contribution in [0.3, 0.4) is 0 Å². The van der Waals surface area contributed by atoms with Crippen LogP contribution >= 0.6 is 0 Å². The number of anilines is 1. The van der Waals surface area contributed by atoms with Crippen molar-refractivity contribution in [3.05, 3.63) is 90.1 Å². The fourth-order valence-corrected chi connectivity index (χ4v) is 2.98. The summed E-state index contributed by atoms with van der Waals surface area (Å²) in [7, 11) is 0. The van der Waals surface area contributed by atoms with Gasteiger partial charge in [0.05, 0.1) is 5.69 Å². The van der Waals surface area contributed by atoms with Gasteiger partial charge >= 0.3 is 0 Å². The molecule has 3 aromatic carbocycles. The van der Waals surface area contributed by atoms with Crippen LogP contribution in [0.5, 0.6) is 0 Å². The number of allylic oxidation sites excluding steroid dienone is 2. The number of carbonyl (C=O) groups excluding carboxylic acids is 1. The summed E-state index contributed by atoms with van der Waals surface area (Å²) in [6.45, 7) is 1.88. The molecule has 0 saturated carbocycles. The van der Waals surface area contributed by atoms with Crippen LogP contribution in [0.15, 0.2) is 89.0 Å². The molecule has 25 heavy (non-hydrogen) atoms. The molecule has 1 heterocycles. The van der Waals surface area contributed by atoms with Crippen molar-refractivity contribution in [1.82, 2.24) is 0 Å². The van der Waals surface area contributed by atoms with Gasteiger partial charge in [0.1, 0.15) is 5.58 Å². The third-order valence-corrected chi connectivity index (χ3v) is 4.14. The van der Waals surface area contributed by atoms with Crippen molar-refractivity contribution in [2.75, 3.05) is 5.32 Å². The average Bonchev–Trinajstić information content (AvgIpc) is 3.02. The number of nitrogens with one attached hydrogen (secondary N) is 1. The SMILES string of the molecule is CC(=CC(=O)c1ccccc1)Nc1cccc2c1oc1ccccc12. The Morgan fingerprint density at radius 1 is 0.880 bits per heavy atom. The molecule has 3 nitrogen and oxygen atoms in total. The number of para-hydroxylation sites is 2. The van der Waals surface area contributed by atoms with Gasteiger partial charge in [-0.1, -0.05) is 60.7 Å². The Balaban J connectivity index is 1.68. The molecular formula is C22H17NO2. The second kappa shape index (κ2) is 6.29. The first kappa shape index (κ1) is 15.2. The Labute approximate surface area is 145 Å². The van der Waals surface area contributed by atoms with E-state index in [2.05, 4.69) is 5.32 Å². The highest BCUT2D eigenvalue weighted by Crippen LogP contribution is 2.33. The van der Waals surface area contributed by atoms with Crippen molar-refractivity contribution >= 4 is 33.4 Å². The van der Waals surface area contributed by atoms with Crippen molar-refractivity contribution in [1.29, 1.82) is 0 Å². The molecule has 4 rings (SSSR count). The predicted octanol–water partition coefficient (Wildman–Crippen LogP) is 5.78. The molecule has 122 valence electrons. The van der Waals surface area contributed by atoms with E-state index in [4.69, 9.17) is 4.42 Å². The fourth-order valence-electron chi connectivity index (χ4n) is 2.98. The minimum atomic E-state index is -0.0256. The highest BCUT2D eigenvalue weighted by atomic mass is 16.3. The van der Waals surface area contributed by atoms with Crippen LogP contribution in [0.2, 0.25) is 0 Å². The summed E-state index contributed by atoms with van der Waals surface area (Å²) >= 11 is 0. The van der Waals surface area contributed by atoms with E-state index in [1.165, 1.54) is 0 Å². The zero-order valence-electron chi connectivity index (χ0n) is 13.8. The van der Waals surface area contributed by atoms with Crippen LogP contribution in [-0.2, 0) is 0 Å². The third-order valence-electron chi connectivity index (χ3n) is 4.14. The van der Waals surface area contributed by atoms with Gasteiger partial charge in [0, 0.05) is 28.1 Å². The molecule has 3 heteroatoms. The first-order valence-electron chi connectivity index (χ1n) is 8.17. The lowest BCUT2D eigenvalue weighted by Crippen LogP contribution is -2.01. The number of hydrogen-bond donors (Lipinski definition) is 1. The lowest BCUT2D eigenvalue weighted by atomic mass is 10.1. The van der Waals surface area contributed by atoms with Gasteiger partial charge in [0.2, 0.25) is 0 Å². The molecule has 0 unspecified atom stereocenters. The first-order chi connectivity index (χ1) is 12.2. The van der Waals surface area contributed by atoms with Crippen molar-refractivity contribution in [2.45, 2.75) is 6.92 Å². The number of rotatable bonds is 4. The summed E-state index contributed by atoms with van der Waals surface area (Å²) in [6.07, 6.45) is 1.61. The van der Waals surface area contributed by atoms with Crippen LogP contribution < -0.4 is 5.32 Å². The molecule has 0 saturated heterocycles. The van der Waals surface area contributed by atoms with E-state index in [1.54, 1.807) is 6.08 Å². The molecule has 0 aliphatic carbocycles. The maximum Gasteiger partial charge on any atom is 0.187 e. The summed E-state index contributed by atoms with van der Waals surface area (Å²) in [5.74, 6) is -0.0256. The standard InChI is InChI=1S/C22H17NO2/c1-15(14-20(24)16-8-3-2-4-9-16)23-19-12-7-11-18-17-10-5-6-13-21(17)25-22(18)19/h2-14,23H,1H3. The first-order valence-corrected chi connectivity index (χ1v) is 8.17. The number of carbonyl (C=O) groups is 1. The molecule has 0 atom stereocenters. The molecule has 1 aromatic heterocycles. The molecule has 1 N–H and O–H groups in total. The van der Waals surface area contributed by atoms with Crippen LogP contribution in [0.1, 0.15) is 17.3 Å². The molecule has 0 spiro atoms. The number of ketones is 1. The normalized spacial score (nSPS) is 11.8. The second-order valence-electron chi connectivity index (χ2n) is 5.96. The summed E-state index contributed by atoms with van der Waals surface area (Å²) in [6, 6.07) is 23.2. The lowest BCUT2D eigenvalue weighted by Gasteiger charge is -2.07. The van der Waals surface area contributed by atoms with Gasteiger partial charge in [0.15, 0.2) is 11.4 Å². The number of hydrogen-bond acceptors (Lipinski definition) is 3. The molecule has 0 radical (unpaired) electrons. The molecule has 0 bridgehead atoms. The van der Waals surface area contributed by atoms with Gasteiger partial charge in [0.25, 0.3) is 0 Å². The van der Waals surface area contributed by atoms with Gasteiger partial charge in [-0.05, 0) is 19.1 Å². The maximum absolute atomic E-state index is 12.3. The molecule has 0 aliphatic rings. The van der Waals surface area contributed by atoms with E-state index in [1.807, 2.05) is 79.7 Å². The van der Waals surface area contributed by atoms with Crippen molar-refractivity contribution in [3.8, 4) is 0 Å². The average molecular weight is 327 g/mol. The van der Waals surface area contributed by atoms with Gasteiger partial charge < -0.3 is 9.73 Å². The number of furan rings is 1. The van der Waals surface area contributed by atoms with E-state index >= 15 is 0 Å². The van der Waals surface area contributed by atoms with Gasteiger partial charge in [-0.3, -0.25) is 4.79 Å². The zero-order chi connectivity index (χ0) is 17.2. The Kier molecular flexibility index (Phi) is 3.82. The van der Waals surface area contributed by atoms with Crippen molar-refractivity contribution in [2.24, 2.45) is 0 Å². The molecule has 0 amide bonds. The maximum atomic E-state index is 12.3. The topological polar surface area (TPSA) is 42.2 Å². The Morgan fingerprint density at radius 2 is 1.60 bits per heavy atom. The van der Waals surface area contributed by atoms with Crippen molar-refractivity contribution < 1.29 is 9.21 Å². The largest absolute Gasteiger partial charge is 0.454 e. The van der Waals surface area contributed by atoms with Gasteiger partial charge in [-0.25, -0.2) is 0 Å². The quantitative estimate of drug-likeness (QED) is 0.381. The molecule has 0 fully saturated rings. The highest BCUT2D eigenvalue weighted by molar-refractivity contribution is 6.09. The minimum Gasteiger partial charge on any atom is -0.454 e. The monoisotopic (exact) mass is 327 g/mol. The van der Waals surface area contributed by atoms with Crippen LogP contribution in [0.4, 0.5) is 5.69 Å². The smallest absolute Gasteiger partial charge is 0.187 e. The molecule has 0 aliphatic heterocycles. The lowest BCUT2D eigenvalue weighted by molar-refractivity contribution is 0.104. The van der Waals surface area contributed by atoms with E-state index < -0.39 is 0 Å². The fraction of sp³-hybridized carbons (Fsp3) is 0.0455. The van der Waals surface area contributed by atoms with E-state index in [0.29, 0.717) is 5.56 Å². The minimum absolute atomic E-state index is 0.0256. The zero-order valence-corrected chi connectivity index (χ0v) is 13.8. The van der Waals surface area contributed by atoms with Crippen LogP contribution in [0.25, 0.3) is 21.9 Å². The van der Waals surface area contributed by atoms with E-state index in [-0.39, 0.29) is 5.78 Å². The number of fused-ring (bicyclic) bond motifs is 3. The van der Waals surface area contributed by atoms with E-state index in [0.717, 1.165) is 33.3 Å². The Bertz CT molecular complexity index is 1090. The number of benzene rings is 3. The van der Waals surface area contributed by atoms with E-state index in [9.17, 15) is 4.79 Å². The Morgan fingerprint density at radius 3 is 2.44 bits per heavy atom. The van der Waals surface area contributed by atoms with Crippen molar-refractivity contribution in [3.63, 3.8) is 0 Å². The van der Waals surface area contributed by atoms with Gasteiger partial charge in [-0.15, -0.1) is 0 Å². The molecule has 4 aromatic rings. The predicted molar refractivity (Wildman–Crippen MR) is 102 cm³/mol. The van der Waals surface area contributed by atoms with Gasteiger partial charge in [-0.2, -0.15) is 0 Å². The second-order valence-corrected chi connectivity index (χ2v) is 5.96. The highest BCUT2D eigenvalue weighted by Gasteiger charge is 2.10. The summed E-state index contributed by atoms with van der Waals surface area (Å²) in [5.41, 5.74) is 3.94. The van der Waals surface area contributed by atoms with Crippen LogP contribution in [-0.4, -0.2) is 5.78 Å². The summed E-state index contributed by atoms with van der Waals surface area (Å²) < 4.78 is 6.00. The van der Waals surface area contributed by atoms with Crippen LogP contribution in [0, 0.1) is 0 Å². The summed E-state index contributed by atoms with van der Waals surface area (Å²) in [4.78, 5) is 12.3. The summed E-state index contributed by atoms with van der Waals surface area (Å²) in [5, 5.41) is 5.44.